The quantitative estimate of drug-likeness (QED) is 0.795. The highest BCUT2D eigenvalue weighted by Crippen LogP contribution is 2.26. The highest BCUT2D eigenvalue weighted by molar-refractivity contribution is 8.00. The molecule has 1 aromatic carbocycles. The van der Waals surface area contributed by atoms with Crippen molar-refractivity contribution in [2.75, 3.05) is 26.3 Å². The summed E-state index contributed by atoms with van der Waals surface area (Å²) in [6, 6.07) is 7.55. The first kappa shape index (κ1) is 16.4. The molecule has 0 bridgehead atoms. The van der Waals surface area contributed by atoms with Crippen LogP contribution < -0.4 is 0 Å². The number of carbonyl (C=O) groups is 1. The molecule has 1 saturated heterocycles. The van der Waals surface area contributed by atoms with Crippen LogP contribution in [0, 0.1) is 0 Å². The number of aromatic nitrogens is 2. The van der Waals surface area contributed by atoms with Gasteiger partial charge in [-0.15, -0.1) is 0 Å². The number of ether oxygens (including phenoxy) is 1. The van der Waals surface area contributed by atoms with Crippen LogP contribution in [0.25, 0.3) is 5.69 Å². The van der Waals surface area contributed by atoms with Crippen molar-refractivity contribution in [3.8, 4) is 5.69 Å². The molecule has 0 radical (unpaired) electrons. The number of amides is 1. The molecule has 1 fully saturated rings. The van der Waals surface area contributed by atoms with Crippen LogP contribution in [0.15, 0.2) is 41.8 Å². The first-order chi connectivity index (χ1) is 11.1. The molecule has 0 N–H and O–H groups in total. The van der Waals surface area contributed by atoms with Crippen LogP contribution in [0.5, 0.6) is 0 Å². The first-order valence-corrected chi connectivity index (χ1v) is 8.73. The molecule has 1 aromatic heterocycles. The summed E-state index contributed by atoms with van der Waals surface area (Å²) in [5, 5.41) is 1.29. The summed E-state index contributed by atoms with van der Waals surface area (Å²) in [5.41, 5.74) is 0.973. The molecule has 1 unspecified atom stereocenters. The zero-order chi connectivity index (χ0) is 16.2. The van der Waals surface area contributed by atoms with Crippen LogP contribution in [-0.4, -0.2) is 51.9 Å². The van der Waals surface area contributed by atoms with E-state index in [9.17, 15) is 4.79 Å². The standard InChI is InChI=1S/C16H18ClN3O2S/c1-12(15(21)19-8-10-22-11-9-19)23-16-18-6-7-20(16)14-4-2-13(17)3-5-14/h2-7,12H,8-11H2,1H3. The van der Waals surface area contributed by atoms with E-state index in [1.807, 2.05) is 46.9 Å². The van der Waals surface area contributed by atoms with Crippen molar-refractivity contribution in [1.82, 2.24) is 14.5 Å². The van der Waals surface area contributed by atoms with Gasteiger partial charge < -0.3 is 9.64 Å². The molecule has 0 saturated carbocycles. The topological polar surface area (TPSA) is 47.4 Å². The smallest absolute Gasteiger partial charge is 0.236 e. The molecule has 7 heteroatoms. The van der Waals surface area contributed by atoms with Crippen molar-refractivity contribution >= 4 is 29.3 Å². The number of benzene rings is 1. The van der Waals surface area contributed by atoms with E-state index < -0.39 is 0 Å². The highest BCUT2D eigenvalue weighted by Gasteiger charge is 2.24. The van der Waals surface area contributed by atoms with E-state index in [-0.39, 0.29) is 11.2 Å². The van der Waals surface area contributed by atoms with Crippen LogP contribution in [0.1, 0.15) is 6.92 Å². The zero-order valence-corrected chi connectivity index (χ0v) is 14.4. The average Bonchev–Trinajstić information content (AvgIpc) is 3.03. The van der Waals surface area contributed by atoms with Gasteiger partial charge in [-0.3, -0.25) is 9.36 Å². The van der Waals surface area contributed by atoms with Crippen molar-refractivity contribution in [3.05, 3.63) is 41.7 Å². The molecule has 3 rings (SSSR count). The molecule has 0 aliphatic carbocycles. The Labute approximate surface area is 144 Å². The monoisotopic (exact) mass is 351 g/mol. The number of hydrogen-bond donors (Lipinski definition) is 0. The van der Waals surface area contributed by atoms with E-state index >= 15 is 0 Å². The molecular formula is C16H18ClN3O2S. The largest absolute Gasteiger partial charge is 0.378 e. The van der Waals surface area contributed by atoms with Crippen molar-refractivity contribution in [2.24, 2.45) is 0 Å². The van der Waals surface area contributed by atoms with E-state index in [0.717, 1.165) is 10.8 Å². The lowest BCUT2D eigenvalue weighted by Crippen LogP contribution is -2.44. The van der Waals surface area contributed by atoms with Crippen LogP contribution in [0.2, 0.25) is 5.02 Å². The molecule has 2 aromatic rings. The summed E-state index contributed by atoms with van der Waals surface area (Å²) in [7, 11) is 0. The second-order valence-corrected chi connectivity index (χ2v) is 7.00. The van der Waals surface area contributed by atoms with Gasteiger partial charge in [-0.25, -0.2) is 4.98 Å². The normalized spacial score (nSPS) is 16.3. The van der Waals surface area contributed by atoms with E-state index in [1.165, 1.54) is 11.8 Å². The maximum atomic E-state index is 12.5. The third kappa shape index (κ3) is 3.88. The van der Waals surface area contributed by atoms with Gasteiger partial charge in [0, 0.05) is 36.2 Å². The van der Waals surface area contributed by atoms with Gasteiger partial charge in [0.2, 0.25) is 5.91 Å². The van der Waals surface area contributed by atoms with Crippen LogP contribution in [0.3, 0.4) is 0 Å². The fourth-order valence-electron chi connectivity index (χ4n) is 2.42. The minimum atomic E-state index is -0.193. The molecule has 1 aliphatic rings. The van der Waals surface area contributed by atoms with Crippen molar-refractivity contribution in [3.63, 3.8) is 0 Å². The highest BCUT2D eigenvalue weighted by atomic mass is 35.5. The van der Waals surface area contributed by atoms with Crippen LogP contribution in [-0.2, 0) is 9.53 Å². The number of morpholine rings is 1. The fourth-order valence-corrected chi connectivity index (χ4v) is 3.52. The van der Waals surface area contributed by atoms with Gasteiger partial charge in [0.25, 0.3) is 0 Å². The maximum absolute atomic E-state index is 12.5. The molecule has 1 aliphatic heterocycles. The second kappa shape index (κ2) is 7.38. The molecule has 122 valence electrons. The molecule has 1 atom stereocenters. The maximum Gasteiger partial charge on any atom is 0.236 e. The number of rotatable bonds is 4. The van der Waals surface area contributed by atoms with Crippen molar-refractivity contribution in [1.29, 1.82) is 0 Å². The Morgan fingerprint density at radius 2 is 2.00 bits per heavy atom. The molecule has 5 nitrogen and oxygen atoms in total. The van der Waals surface area contributed by atoms with Gasteiger partial charge in [-0.1, -0.05) is 23.4 Å². The van der Waals surface area contributed by atoms with Crippen molar-refractivity contribution in [2.45, 2.75) is 17.3 Å². The van der Waals surface area contributed by atoms with E-state index in [2.05, 4.69) is 4.98 Å². The zero-order valence-electron chi connectivity index (χ0n) is 12.8. The molecule has 0 spiro atoms. The summed E-state index contributed by atoms with van der Waals surface area (Å²) < 4.78 is 7.26. The lowest BCUT2D eigenvalue weighted by molar-refractivity contribution is -0.134. The minimum Gasteiger partial charge on any atom is -0.378 e. The summed E-state index contributed by atoms with van der Waals surface area (Å²) in [6.45, 7) is 4.47. The molecule has 2 heterocycles. The Hall–Kier alpha value is -1.50. The lowest BCUT2D eigenvalue weighted by atomic mass is 10.3. The Morgan fingerprint density at radius 1 is 1.30 bits per heavy atom. The van der Waals surface area contributed by atoms with Gasteiger partial charge in [-0.05, 0) is 31.2 Å². The van der Waals surface area contributed by atoms with Crippen LogP contribution >= 0.6 is 23.4 Å². The van der Waals surface area contributed by atoms with Gasteiger partial charge >= 0.3 is 0 Å². The van der Waals surface area contributed by atoms with Gasteiger partial charge in [-0.2, -0.15) is 0 Å². The Kier molecular flexibility index (Phi) is 5.25. The summed E-state index contributed by atoms with van der Waals surface area (Å²) in [4.78, 5) is 18.7. The minimum absolute atomic E-state index is 0.129. The predicted octanol–water partition coefficient (Wildman–Crippen LogP) is 2.87. The summed E-state index contributed by atoms with van der Waals surface area (Å²) >= 11 is 7.40. The second-order valence-electron chi connectivity index (χ2n) is 5.25. The molecule has 23 heavy (non-hydrogen) atoms. The van der Waals surface area contributed by atoms with Gasteiger partial charge in [0.15, 0.2) is 5.16 Å². The van der Waals surface area contributed by atoms with E-state index in [4.69, 9.17) is 16.3 Å². The number of thioether (sulfide) groups is 1. The fraction of sp³-hybridized carbons (Fsp3) is 0.375. The number of nitrogens with zero attached hydrogens (tertiary/aromatic N) is 3. The first-order valence-electron chi connectivity index (χ1n) is 7.47. The Balaban J connectivity index is 1.71. The lowest BCUT2D eigenvalue weighted by Gasteiger charge is -2.28. The van der Waals surface area contributed by atoms with Crippen molar-refractivity contribution < 1.29 is 9.53 Å². The number of carbonyl (C=O) groups excluding carboxylic acids is 1. The van der Waals surface area contributed by atoms with Gasteiger partial charge in [0.1, 0.15) is 0 Å². The van der Waals surface area contributed by atoms with E-state index in [1.54, 1.807) is 6.20 Å². The predicted molar refractivity (Wildman–Crippen MR) is 91.3 cm³/mol. The number of hydrogen-bond acceptors (Lipinski definition) is 4. The number of imidazole rings is 1. The van der Waals surface area contributed by atoms with Crippen LogP contribution in [0.4, 0.5) is 0 Å². The molecule has 1 amide bonds. The average molecular weight is 352 g/mol. The SMILES string of the molecule is CC(Sc1nccn1-c1ccc(Cl)cc1)C(=O)N1CCOCC1. The third-order valence-electron chi connectivity index (χ3n) is 3.66. The number of halogens is 1. The Bertz CT molecular complexity index is 668. The van der Waals surface area contributed by atoms with E-state index in [0.29, 0.717) is 31.3 Å². The van der Waals surface area contributed by atoms with Gasteiger partial charge in [0.05, 0.1) is 18.5 Å². The molecular weight excluding hydrogens is 334 g/mol. The summed E-state index contributed by atoms with van der Waals surface area (Å²) in [5.74, 6) is 0.129. The third-order valence-corrected chi connectivity index (χ3v) is 4.98. The Morgan fingerprint density at radius 3 is 2.70 bits per heavy atom. The summed E-state index contributed by atoms with van der Waals surface area (Å²) in [6.07, 6.45) is 3.63.